The molecule has 1 saturated heterocycles. The summed E-state index contributed by atoms with van der Waals surface area (Å²) < 4.78 is 11.3. The van der Waals surface area contributed by atoms with Gasteiger partial charge in [0, 0.05) is 38.8 Å². The van der Waals surface area contributed by atoms with Gasteiger partial charge in [0.15, 0.2) is 5.96 Å². The van der Waals surface area contributed by atoms with Crippen molar-refractivity contribution < 1.29 is 14.6 Å². The summed E-state index contributed by atoms with van der Waals surface area (Å²) in [5.74, 6) is 1.63. The number of aliphatic imine (C=N–C) groups is 1. The number of rotatable bonds is 8. The minimum absolute atomic E-state index is 0.00259. The first-order valence-corrected chi connectivity index (χ1v) is 8.96. The Morgan fingerprint density at radius 1 is 1.40 bits per heavy atom. The second-order valence-corrected chi connectivity index (χ2v) is 6.87. The zero-order valence-corrected chi connectivity index (χ0v) is 15.5. The fraction of sp³-hybridized carbons (Fsp3) is 0.632. The van der Waals surface area contributed by atoms with Crippen molar-refractivity contribution in [1.82, 2.24) is 10.6 Å². The van der Waals surface area contributed by atoms with E-state index < -0.39 is 0 Å². The van der Waals surface area contributed by atoms with Gasteiger partial charge >= 0.3 is 0 Å². The summed E-state index contributed by atoms with van der Waals surface area (Å²) >= 11 is 0. The molecule has 2 rings (SSSR count). The van der Waals surface area contributed by atoms with Gasteiger partial charge in [-0.05, 0) is 44.4 Å². The fourth-order valence-corrected chi connectivity index (χ4v) is 2.99. The van der Waals surface area contributed by atoms with Crippen molar-refractivity contribution >= 4 is 5.96 Å². The van der Waals surface area contributed by atoms with Crippen molar-refractivity contribution in [3.05, 3.63) is 29.8 Å². The van der Waals surface area contributed by atoms with Crippen molar-refractivity contribution in [3.8, 4) is 5.75 Å². The molecule has 1 aliphatic heterocycles. The lowest BCUT2D eigenvalue weighted by molar-refractivity contribution is 0.127. The number of ether oxygens (including phenoxy) is 2. The molecule has 1 heterocycles. The van der Waals surface area contributed by atoms with Gasteiger partial charge in [0.05, 0.1) is 12.7 Å². The molecule has 0 saturated carbocycles. The van der Waals surface area contributed by atoms with Gasteiger partial charge in [-0.3, -0.25) is 4.99 Å². The van der Waals surface area contributed by atoms with Crippen LogP contribution in [0, 0.1) is 5.41 Å². The van der Waals surface area contributed by atoms with Crippen molar-refractivity contribution in [2.24, 2.45) is 10.4 Å². The van der Waals surface area contributed by atoms with Crippen LogP contribution in [0.25, 0.3) is 0 Å². The maximum atomic E-state index is 9.31. The molecule has 1 aromatic carbocycles. The van der Waals surface area contributed by atoms with Crippen LogP contribution in [-0.2, 0) is 11.3 Å². The number of hydrogen-bond donors (Lipinski definition) is 3. The van der Waals surface area contributed by atoms with E-state index in [-0.39, 0.29) is 18.1 Å². The Labute approximate surface area is 150 Å². The third kappa shape index (κ3) is 6.21. The predicted molar refractivity (Wildman–Crippen MR) is 100.0 cm³/mol. The molecular formula is C19H31N3O3. The number of guanidine groups is 1. The molecule has 25 heavy (non-hydrogen) atoms. The van der Waals surface area contributed by atoms with E-state index >= 15 is 0 Å². The first-order chi connectivity index (χ1) is 12.1. The third-order valence-corrected chi connectivity index (χ3v) is 4.41. The van der Waals surface area contributed by atoms with Crippen LogP contribution < -0.4 is 15.4 Å². The van der Waals surface area contributed by atoms with Crippen LogP contribution in [0.15, 0.2) is 29.3 Å². The summed E-state index contributed by atoms with van der Waals surface area (Å²) in [6.07, 6.45) is 1.87. The van der Waals surface area contributed by atoms with E-state index in [0.29, 0.717) is 13.2 Å². The molecule has 6 heteroatoms. The zero-order valence-electron chi connectivity index (χ0n) is 15.5. The van der Waals surface area contributed by atoms with E-state index in [0.717, 1.165) is 43.3 Å². The molecule has 0 radical (unpaired) electrons. The fourth-order valence-electron chi connectivity index (χ4n) is 2.99. The topological polar surface area (TPSA) is 75.1 Å². The molecule has 6 nitrogen and oxygen atoms in total. The zero-order chi connectivity index (χ0) is 18.1. The van der Waals surface area contributed by atoms with Gasteiger partial charge in [-0.15, -0.1) is 0 Å². The number of aliphatic hydroxyl groups excluding tert-OH is 1. The summed E-state index contributed by atoms with van der Waals surface area (Å²) in [6.45, 7) is 7.07. The highest BCUT2D eigenvalue weighted by molar-refractivity contribution is 5.79. The van der Waals surface area contributed by atoms with Gasteiger partial charge in [-0.25, -0.2) is 0 Å². The average molecular weight is 349 g/mol. The first-order valence-electron chi connectivity index (χ1n) is 8.96. The van der Waals surface area contributed by atoms with Crippen molar-refractivity contribution in [3.63, 3.8) is 0 Å². The second-order valence-electron chi connectivity index (χ2n) is 6.87. The molecular weight excluding hydrogens is 318 g/mol. The first kappa shape index (κ1) is 19.5. The summed E-state index contributed by atoms with van der Waals surface area (Å²) in [4.78, 5) is 4.29. The van der Waals surface area contributed by atoms with E-state index in [1.54, 1.807) is 7.05 Å². The van der Waals surface area contributed by atoms with E-state index in [9.17, 15) is 5.11 Å². The molecule has 1 unspecified atom stereocenters. The molecule has 0 bridgehead atoms. The lowest BCUT2D eigenvalue weighted by Crippen LogP contribution is -2.44. The van der Waals surface area contributed by atoms with Crippen molar-refractivity contribution in [2.45, 2.75) is 39.3 Å². The number of nitrogens with zero attached hydrogens (tertiary/aromatic N) is 1. The molecule has 0 amide bonds. The molecule has 1 fully saturated rings. The Hall–Kier alpha value is -1.79. The largest absolute Gasteiger partial charge is 0.491 e. The second kappa shape index (κ2) is 9.63. The van der Waals surface area contributed by atoms with Crippen molar-refractivity contribution in [1.29, 1.82) is 0 Å². The normalized spacial score (nSPS) is 20.8. The minimum Gasteiger partial charge on any atom is -0.491 e. The van der Waals surface area contributed by atoms with Crippen LogP contribution >= 0.6 is 0 Å². The van der Waals surface area contributed by atoms with E-state index in [1.807, 2.05) is 32.0 Å². The predicted octanol–water partition coefficient (Wildman–Crippen LogP) is 1.93. The standard InChI is InChI=1S/C19H31N3O3/c1-15(2)25-17-6-4-5-16(11-17)12-21-18(20-3)22-13-19(7-9-23)8-10-24-14-19/h4-6,11,15,23H,7-10,12-14H2,1-3H3,(H2,20,21,22). The third-order valence-electron chi connectivity index (χ3n) is 4.41. The quantitative estimate of drug-likeness (QED) is 0.494. The molecule has 3 N–H and O–H groups in total. The molecule has 1 atom stereocenters. The monoisotopic (exact) mass is 349 g/mol. The van der Waals surface area contributed by atoms with E-state index in [1.165, 1.54) is 0 Å². The lowest BCUT2D eigenvalue weighted by Gasteiger charge is -2.27. The number of nitrogens with one attached hydrogen (secondary N) is 2. The number of benzene rings is 1. The van der Waals surface area contributed by atoms with Gasteiger partial charge in [0.2, 0.25) is 0 Å². The molecule has 1 aromatic rings. The van der Waals surface area contributed by atoms with Gasteiger partial charge in [0.25, 0.3) is 0 Å². The Kier molecular flexibility index (Phi) is 7.52. The molecule has 1 aliphatic rings. The summed E-state index contributed by atoms with van der Waals surface area (Å²) in [5, 5.41) is 16.0. The average Bonchev–Trinajstić information content (AvgIpc) is 3.04. The van der Waals surface area contributed by atoms with Crippen LogP contribution in [0.2, 0.25) is 0 Å². The summed E-state index contributed by atoms with van der Waals surface area (Å²) in [6, 6.07) is 8.07. The highest BCUT2D eigenvalue weighted by atomic mass is 16.5. The molecule has 140 valence electrons. The SMILES string of the molecule is CN=C(NCc1cccc(OC(C)C)c1)NCC1(CCO)CCOC1. The van der Waals surface area contributed by atoms with Crippen LogP contribution in [0.5, 0.6) is 5.75 Å². The van der Waals surface area contributed by atoms with Gasteiger partial charge in [0.1, 0.15) is 5.75 Å². The Morgan fingerprint density at radius 2 is 2.24 bits per heavy atom. The van der Waals surface area contributed by atoms with Crippen molar-refractivity contribution in [2.75, 3.05) is 33.4 Å². The van der Waals surface area contributed by atoms with Gasteiger partial charge in [-0.2, -0.15) is 0 Å². The number of hydrogen-bond acceptors (Lipinski definition) is 4. The van der Waals surface area contributed by atoms with E-state index in [2.05, 4.69) is 21.7 Å². The molecule has 0 spiro atoms. The number of aliphatic hydroxyl groups is 1. The van der Waals surface area contributed by atoms with Gasteiger partial charge in [-0.1, -0.05) is 12.1 Å². The maximum absolute atomic E-state index is 9.31. The lowest BCUT2D eigenvalue weighted by atomic mass is 9.84. The van der Waals surface area contributed by atoms with Crippen LogP contribution in [0.1, 0.15) is 32.3 Å². The highest BCUT2D eigenvalue weighted by Gasteiger charge is 2.34. The summed E-state index contributed by atoms with van der Waals surface area (Å²) in [7, 11) is 1.76. The molecule has 0 aliphatic carbocycles. The molecule has 0 aromatic heterocycles. The Balaban J connectivity index is 1.86. The van der Waals surface area contributed by atoms with Crippen LogP contribution in [-0.4, -0.2) is 50.6 Å². The smallest absolute Gasteiger partial charge is 0.191 e. The van der Waals surface area contributed by atoms with Crippen LogP contribution in [0.3, 0.4) is 0 Å². The Morgan fingerprint density at radius 3 is 2.88 bits per heavy atom. The Bertz CT molecular complexity index is 555. The minimum atomic E-state index is -0.00259. The van der Waals surface area contributed by atoms with Crippen LogP contribution in [0.4, 0.5) is 0 Å². The van der Waals surface area contributed by atoms with E-state index in [4.69, 9.17) is 9.47 Å². The highest BCUT2D eigenvalue weighted by Crippen LogP contribution is 2.31. The maximum Gasteiger partial charge on any atom is 0.191 e. The summed E-state index contributed by atoms with van der Waals surface area (Å²) in [5.41, 5.74) is 1.13. The van der Waals surface area contributed by atoms with Gasteiger partial charge < -0.3 is 25.2 Å².